The first kappa shape index (κ1) is 27.8. The Kier molecular flexibility index (Phi) is 6.76. The summed E-state index contributed by atoms with van der Waals surface area (Å²) in [5.41, 5.74) is 7.27. The highest BCUT2D eigenvalue weighted by atomic mass is 15.0. The summed E-state index contributed by atoms with van der Waals surface area (Å²) in [7, 11) is 0. The molecule has 4 heteroatoms. The van der Waals surface area contributed by atoms with Gasteiger partial charge in [0.2, 0.25) is 0 Å². The highest BCUT2D eigenvalue weighted by Gasteiger charge is 2.17. The monoisotopic (exact) mass is 612 g/mol. The van der Waals surface area contributed by atoms with E-state index in [0.717, 1.165) is 49.7 Å². The van der Waals surface area contributed by atoms with Gasteiger partial charge < -0.3 is 0 Å². The fraction of sp³-hybridized carbons (Fsp3) is 0. The average molecular weight is 613 g/mol. The van der Waals surface area contributed by atoms with Crippen molar-refractivity contribution in [2.24, 2.45) is 0 Å². The first-order valence-electron chi connectivity index (χ1n) is 16.0. The van der Waals surface area contributed by atoms with E-state index in [1.807, 2.05) is 73.1 Å². The first-order valence-corrected chi connectivity index (χ1v) is 16.0. The Bertz CT molecular complexity index is 2550. The summed E-state index contributed by atoms with van der Waals surface area (Å²) < 4.78 is 0. The smallest absolute Gasteiger partial charge is 0.164 e. The zero-order valence-corrected chi connectivity index (χ0v) is 26.0. The minimum Gasteiger partial charge on any atom is -0.264 e. The first-order chi connectivity index (χ1) is 23.8. The van der Waals surface area contributed by atoms with E-state index in [0.29, 0.717) is 17.5 Å². The van der Waals surface area contributed by atoms with Crippen molar-refractivity contribution < 1.29 is 0 Å². The fourth-order valence-electron chi connectivity index (χ4n) is 6.67. The maximum absolute atomic E-state index is 5.11. The van der Waals surface area contributed by atoms with Crippen molar-refractivity contribution in [3.8, 4) is 56.4 Å². The molecule has 0 atom stereocenters. The van der Waals surface area contributed by atoms with Gasteiger partial charge in [-0.1, -0.05) is 127 Å². The Labute approximate surface area is 278 Å². The standard InChI is InChI=1S/C44H28N4/c1-3-12-29(13-4-1)42-46-43(30-14-5-2-6-15-30)48-44(47-42)35-25-33(37-21-11-17-32-28-45-23-22-38(32)37)24-34(26-35)41-27-31-16-7-8-18-36(31)39-19-9-10-20-40(39)41/h1-28H. The quantitative estimate of drug-likeness (QED) is 0.181. The summed E-state index contributed by atoms with van der Waals surface area (Å²) in [6.45, 7) is 0. The van der Waals surface area contributed by atoms with Crippen LogP contribution in [0.15, 0.2) is 170 Å². The zero-order chi connectivity index (χ0) is 31.9. The van der Waals surface area contributed by atoms with E-state index in [1.165, 1.54) is 21.5 Å². The maximum atomic E-state index is 5.11. The van der Waals surface area contributed by atoms with E-state index in [9.17, 15) is 0 Å². The normalized spacial score (nSPS) is 11.3. The molecule has 7 aromatic carbocycles. The molecule has 2 heterocycles. The van der Waals surface area contributed by atoms with E-state index in [-0.39, 0.29) is 0 Å². The van der Waals surface area contributed by atoms with Crippen molar-refractivity contribution in [2.45, 2.75) is 0 Å². The topological polar surface area (TPSA) is 51.6 Å². The van der Waals surface area contributed by atoms with Crippen LogP contribution in [0.5, 0.6) is 0 Å². The molecule has 0 fully saturated rings. The summed E-state index contributed by atoms with van der Waals surface area (Å²) in [5, 5.41) is 7.11. The Balaban J connectivity index is 1.35. The van der Waals surface area contributed by atoms with Crippen molar-refractivity contribution in [1.82, 2.24) is 19.9 Å². The third kappa shape index (κ3) is 4.97. The third-order valence-corrected chi connectivity index (χ3v) is 8.96. The number of fused-ring (bicyclic) bond motifs is 4. The van der Waals surface area contributed by atoms with Gasteiger partial charge in [0.1, 0.15) is 0 Å². The van der Waals surface area contributed by atoms with E-state index in [1.54, 1.807) is 0 Å². The number of benzene rings is 7. The molecule has 0 saturated carbocycles. The van der Waals surface area contributed by atoms with Crippen molar-refractivity contribution >= 4 is 32.3 Å². The Morgan fingerprint density at radius 2 is 0.854 bits per heavy atom. The molecule has 0 N–H and O–H groups in total. The maximum Gasteiger partial charge on any atom is 0.164 e. The lowest BCUT2D eigenvalue weighted by Crippen LogP contribution is -2.00. The second kappa shape index (κ2) is 11.7. The van der Waals surface area contributed by atoms with Crippen LogP contribution in [0.25, 0.3) is 88.7 Å². The average Bonchev–Trinajstić information content (AvgIpc) is 3.17. The Morgan fingerprint density at radius 1 is 0.312 bits per heavy atom. The third-order valence-electron chi connectivity index (χ3n) is 8.96. The molecular formula is C44H28N4. The van der Waals surface area contributed by atoms with E-state index < -0.39 is 0 Å². The van der Waals surface area contributed by atoms with Gasteiger partial charge in [0.25, 0.3) is 0 Å². The van der Waals surface area contributed by atoms with Crippen LogP contribution in [-0.2, 0) is 0 Å². The van der Waals surface area contributed by atoms with Crippen molar-refractivity contribution in [3.63, 3.8) is 0 Å². The molecule has 0 bridgehead atoms. The van der Waals surface area contributed by atoms with Crippen LogP contribution in [-0.4, -0.2) is 19.9 Å². The van der Waals surface area contributed by atoms with E-state index in [2.05, 4.69) is 102 Å². The zero-order valence-electron chi connectivity index (χ0n) is 26.0. The molecule has 4 nitrogen and oxygen atoms in total. The van der Waals surface area contributed by atoms with Crippen LogP contribution in [0.1, 0.15) is 0 Å². The lowest BCUT2D eigenvalue weighted by molar-refractivity contribution is 1.07. The molecule has 0 aliphatic carbocycles. The van der Waals surface area contributed by atoms with Gasteiger partial charge in [-0.2, -0.15) is 0 Å². The SMILES string of the molecule is c1ccc(-c2nc(-c3ccccc3)nc(-c3cc(-c4cccc5cnccc45)cc(-c4cc5ccccc5c5ccccc45)c3)n2)cc1. The number of aromatic nitrogens is 4. The van der Waals surface area contributed by atoms with Gasteiger partial charge in [0.05, 0.1) is 0 Å². The Morgan fingerprint density at radius 3 is 1.56 bits per heavy atom. The lowest BCUT2D eigenvalue weighted by atomic mass is 9.89. The fourth-order valence-corrected chi connectivity index (χ4v) is 6.67. The number of hydrogen-bond acceptors (Lipinski definition) is 4. The Hall–Kier alpha value is -6.52. The molecule has 9 aromatic rings. The molecule has 0 amide bonds. The highest BCUT2D eigenvalue weighted by Crippen LogP contribution is 2.40. The summed E-state index contributed by atoms with van der Waals surface area (Å²) in [6.07, 6.45) is 3.78. The van der Waals surface area contributed by atoms with Gasteiger partial charge >= 0.3 is 0 Å². The molecule has 0 aliphatic rings. The molecule has 0 spiro atoms. The molecular weight excluding hydrogens is 585 g/mol. The van der Waals surface area contributed by atoms with Gasteiger partial charge in [-0.3, -0.25) is 4.98 Å². The van der Waals surface area contributed by atoms with Gasteiger partial charge in [0, 0.05) is 34.5 Å². The number of rotatable bonds is 5. The van der Waals surface area contributed by atoms with Crippen LogP contribution in [0, 0.1) is 0 Å². The van der Waals surface area contributed by atoms with E-state index in [4.69, 9.17) is 15.0 Å². The summed E-state index contributed by atoms with van der Waals surface area (Å²) in [6, 6.07) is 55.0. The lowest BCUT2D eigenvalue weighted by Gasteiger charge is -2.16. The number of hydrogen-bond donors (Lipinski definition) is 0. The second-order valence-electron chi connectivity index (χ2n) is 11.9. The van der Waals surface area contributed by atoms with Crippen LogP contribution >= 0.6 is 0 Å². The summed E-state index contributed by atoms with van der Waals surface area (Å²) in [5.74, 6) is 1.90. The van der Waals surface area contributed by atoms with Crippen LogP contribution in [0.3, 0.4) is 0 Å². The van der Waals surface area contributed by atoms with Crippen molar-refractivity contribution in [1.29, 1.82) is 0 Å². The largest absolute Gasteiger partial charge is 0.264 e. The summed E-state index contributed by atoms with van der Waals surface area (Å²) in [4.78, 5) is 19.6. The van der Waals surface area contributed by atoms with Crippen molar-refractivity contribution in [2.75, 3.05) is 0 Å². The molecule has 48 heavy (non-hydrogen) atoms. The second-order valence-corrected chi connectivity index (χ2v) is 11.9. The molecule has 2 aromatic heterocycles. The molecule has 0 radical (unpaired) electrons. The van der Waals surface area contributed by atoms with Gasteiger partial charge in [-0.15, -0.1) is 0 Å². The van der Waals surface area contributed by atoms with Gasteiger partial charge in [-0.25, -0.2) is 15.0 Å². The minimum atomic E-state index is 0.623. The van der Waals surface area contributed by atoms with Crippen molar-refractivity contribution in [3.05, 3.63) is 170 Å². The molecule has 0 saturated heterocycles. The molecule has 224 valence electrons. The molecule has 0 unspecified atom stereocenters. The minimum absolute atomic E-state index is 0.623. The predicted octanol–water partition coefficient (Wildman–Crippen LogP) is 11.1. The van der Waals surface area contributed by atoms with Gasteiger partial charge in [0.15, 0.2) is 17.5 Å². The van der Waals surface area contributed by atoms with Crippen LogP contribution < -0.4 is 0 Å². The van der Waals surface area contributed by atoms with Gasteiger partial charge in [-0.05, 0) is 79.5 Å². The van der Waals surface area contributed by atoms with Crippen LogP contribution in [0.2, 0.25) is 0 Å². The number of nitrogens with zero attached hydrogens (tertiary/aromatic N) is 4. The molecule has 9 rings (SSSR count). The van der Waals surface area contributed by atoms with E-state index >= 15 is 0 Å². The summed E-state index contributed by atoms with van der Waals surface area (Å²) >= 11 is 0. The predicted molar refractivity (Wildman–Crippen MR) is 197 cm³/mol. The number of pyridine rings is 1. The highest BCUT2D eigenvalue weighted by molar-refractivity contribution is 6.14. The van der Waals surface area contributed by atoms with Crippen LogP contribution in [0.4, 0.5) is 0 Å². The molecule has 0 aliphatic heterocycles.